The topological polar surface area (TPSA) is 242 Å². The van der Waals surface area contributed by atoms with Crippen LogP contribution in [-0.2, 0) is 38.2 Å². The smallest absolute Gasteiger partial charge is 0.339 e. The molecule has 1 atom stereocenters. The van der Waals surface area contributed by atoms with E-state index in [0.29, 0.717) is 0 Å². The molecule has 0 aromatic heterocycles. The summed E-state index contributed by atoms with van der Waals surface area (Å²) in [6, 6.07) is 0. The lowest BCUT2D eigenvalue weighted by Crippen LogP contribution is -2.43. The number of carboxylic acids is 4. The van der Waals surface area contributed by atoms with Crippen LogP contribution in [0.1, 0.15) is 25.7 Å². The number of esters is 2. The molecule has 0 aliphatic carbocycles. The van der Waals surface area contributed by atoms with Crippen molar-refractivity contribution in [2.45, 2.75) is 36.9 Å². The zero-order valence-corrected chi connectivity index (χ0v) is 14.8. The van der Waals surface area contributed by atoms with E-state index in [1.165, 1.54) is 0 Å². The molecule has 0 saturated heterocycles. The van der Waals surface area contributed by atoms with Crippen LogP contribution in [-0.4, -0.2) is 91.9 Å². The van der Waals surface area contributed by atoms with Crippen molar-refractivity contribution < 1.29 is 68.9 Å². The van der Waals surface area contributed by atoms with E-state index in [9.17, 15) is 39.0 Å². The largest absolute Gasteiger partial charge is 0.481 e. The van der Waals surface area contributed by atoms with E-state index < -0.39 is 72.7 Å². The fraction of sp³-hybridized carbons (Fsp3) is 0.571. The maximum Gasteiger partial charge on any atom is 0.339 e. The van der Waals surface area contributed by atoms with Gasteiger partial charge in [0.15, 0.2) is 11.2 Å². The molecule has 160 valence electrons. The van der Waals surface area contributed by atoms with Crippen LogP contribution in [0, 0.1) is 0 Å². The molecule has 0 heterocycles. The minimum atomic E-state index is -2.61. The third kappa shape index (κ3) is 10.0. The van der Waals surface area contributed by atoms with Gasteiger partial charge in [-0.3, -0.25) is 19.2 Å². The standard InChI is InChI=1S/2C7H10O7/c1-14-5(10)3-7(13,6(11)12)2-4(8)9;1-14-6(12)7(13,2-4(8)9)3-5(10)11/h13H,2-3H2,1H3,(H,8,9)(H,11,12);13H,2-3H2,1H3,(H,8,9)(H,10,11). The van der Waals surface area contributed by atoms with Crippen LogP contribution in [0.5, 0.6) is 0 Å². The highest BCUT2D eigenvalue weighted by Crippen LogP contribution is 2.18. The number of hydrogen-bond acceptors (Lipinski definition) is 10. The molecular formula is C14H20O14. The van der Waals surface area contributed by atoms with Crippen LogP contribution in [0.4, 0.5) is 0 Å². The summed E-state index contributed by atoms with van der Waals surface area (Å²) in [5.74, 6) is -8.53. The van der Waals surface area contributed by atoms with Crippen molar-refractivity contribution in [2.75, 3.05) is 14.2 Å². The first-order chi connectivity index (χ1) is 12.6. The Kier molecular flexibility index (Phi) is 11.0. The average molecular weight is 412 g/mol. The van der Waals surface area contributed by atoms with Gasteiger partial charge in [-0.1, -0.05) is 0 Å². The zero-order valence-electron chi connectivity index (χ0n) is 14.8. The second-order valence-corrected chi connectivity index (χ2v) is 5.32. The Morgan fingerprint density at radius 3 is 1.25 bits per heavy atom. The quantitative estimate of drug-likeness (QED) is 0.206. The van der Waals surface area contributed by atoms with Crippen molar-refractivity contribution in [3.8, 4) is 0 Å². The monoisotopic (exact) mass is 412 g/mol. The summed E-state index contributed by atoms with van der Waals surface area (Å²) >= 11 is 0. The van der Waals surface area contributed by atoms with Crippen molar-refractivity contribution in [1.29, 1.82) is 0 Å². The Balaban J connectivity index is 0. The van der Waals surface area contributed by atoms with Crippen LogP contribution in [0.25, 0.3) is 0 Å². The van der Waals surface area contributed by atoms with Crippen molar-refractivity contribution in [2.24, 2.45) is 0 Å². The van der Waals surface area contributed by atoms with E-state index >= 15 is 0 Å². The number of carbonyl (C=O) groups excluding carboxylic acids is 2. The first-order valence-corrected chi connectivity index (χ1v) is 7.12. The number of carboxylic acid groups (broad SMARTS) is 4. The van der Waals surface area contributed by atoms with Crippen LogP contribution in [0.3, 0.4) is 0 Å². The summed E-state index contributed by atoms with van der Waals surface area (Å²) in [4.78, 5) is 62.8. The van der Waals surface area contributed by atoms with E-state index in [4.69, 9.17) is 20.4 Å². The highest BCUT2D eigenvalue weighted by Gasteiger charge is 2.42. The number of ether oxygens (including phenoxy) is 2. The third-order valence-electron chi connectivity index (χ3n) is 2.96. The molecule has 0 aromatic carbocycles. The Morgan fingerprint density at radius 1 is 0.643 bits per heavy atom. The molecule has 14 nitrogen and oxygen atoms in total. The van der Waals surface area contributed by atoms with Crippen LogP contribution in [0.2, 0.25) is 0 Å². The van der Waals surface area contributed by atoms with Crippen molar-refractivity contribution in [3.05, 3.63) is 0 Å². The lowest BCUT2D eigenvalue weighted by Gasteiger charge is -2.20. The second kappa shape index (κ2) is 11.5. The number of aliphatic carboxylic acids is 4. The Morgan fingerprint density at radius 2 is 1.00 bits per heavy atom. The van der Waals surface area contributed by atoms with Crippen LogP contribution >= 0.6 is 0 Å². The summed E-state index contributed by atoms with van der Waals surface area (Å²) in [7, 11) is 1.93. The predicted octanol–water partition coefficient (Wildman–Crippen LogP) is -2.32. The molecule has 0 spiro atoms. The Hall–Kier alpha value is -3.26. The highest BCUT2D eigenvalue weighted by molar-refractivity contribution is 5.89. The van der Waals surface area contributed by atoms with Gasteiger partial charge in [-0.15, -0.1) is 0 Å². The number of aliphatic hydroxyl groups is 2. The number of carbonyl (C=O) groups is 6. The van der Waals surface area contributed by atoms with Crippen molar-refractivity contribution >= 4 is 35.8 Å². The van der Waals surface area contributed by atoms with Gasteiger partial charge in [0.05, 0.1) is 39.9 Å². The molecule has 0 aliphatic heterocycles. The highest BCUT2D eigenvalue weighted by atomic mass is 16.5. The Bertz CT molecular complexity index is 608. The summed E-state index contributed by atoms with van der Waals surface area (Å²) in [6.45, 7) is 0. The van der Waals surface area contributed by atoms with Gasteiger partial charge in [-0.25, -0.2) is 9.59 Å². The van der Waals surface area contributed by atoms with Crippen LogP contribution in [0.15, 0.2) is 0 Å². The molecule has 0 radical (unpaired) electrons. The summed E-state index contributed by atoms with van der Waals surface area (Å²) in [6.07, 6.45) is -3.97. The minimum absolute atomic E-state index is 0.898. The predicted molar refractivity (Wildman–Crippen MR) is 82.9 cm³/mol. The van der Waals surface area contributed by atoms with E-state index in [2.05, 4.69) is 9.47 Å². The summed E-state index contributed by atoms with van der Waals surface area (Å²) in [5, 5.41) is 52.2. The number of methoxy groups -OCH3 is 2. The van der Waals surface area contributed by atoms with Crippen LogP contribution < -0.4 is 0 Å². The van der Waals surface area contributed by atoms with E-state index in [0.717, 1.165) is 14.2 Å². The number of hydrogen-bond donors (Lipinski definition) is 6. The van der Waals surface area contributed by atoms with Crippen molar-refractivity contribution in [1.82, 2.24) is 0 Å². The van der Waals surface area contributed by atoms with E-state index in [-0.39, 0.29) is 0 Å². The number of rotatable bonds is 10. The van der Waals surface area contributed by atoms with Gasteiger partial charge in [0, 0.05) is 0 Å². The summed E-state index contributed by atoms with van der Waals surface area (Å²) < 4.78 is 8.22. The maximum absolute atomic E-state index is 10.9. The van der Waals surface area contributed by atoms with Gasteiger partial charge in [0.2, 0.25) is 0 Å². The maximum atomic E-state index is 10.9. The molecule has 0 amide bonds. The molecular weight excluding hydrogens is 392 g/mol. The molecule has 0 saturated carbocycles. The minimum Gasteiger partial charge on any atom is -0.481 e. The molecule has 28 heavy (non-hydrogen) atoms. The van der Waals surface area contributed by atoms with Gasteiger partial charge in [-0.05, 0) is 0 Å². The molecule has 0 aromatic rings. The van der Waals surface area contributed by atoms with Gasteiger partial charge >= 0.3 is 35.8 Å². The first-order valence-electron chi connectivity index (χ1n) is 7.12. The molecule has 0 aliphatic rings. The normalized spacial score (nSPS) is 12.4. The third-order valence-corrected chi connectivity index (χ3v) is 2.96. The van der Waals surface area contributed by atoms with E-state index in [1.807, 2.05) is 0 Å². The van der Waals surface area contributed by atoms with Gasteiger partial charge < -0.3 is 40.1 Å². The first kappa shape index (κ1) is 27.0. The Labute approximate surface area is 156 Å². The molecule has 0 fully saturated rings. The van der Waals surface area contributed by atoms with Gasteiger partial charge in [0.1, 0.15) is 0 Å². The molecule has 6 N–H and O–H groups in total. The average Bonchev–Trinajstić information content (AvgIpc) is 2.51. The van der Waals surface area contributed by atoms with E-state index in [1.54, 1.807) is 0 Å². The molecule has 0 bridgehead atoms. The lowest BCUT2D eigenvalue weighted by molar-refractivity contribution is -0.173. The van der Waals surface area contributed by atoms with Crippen molar-refractivity contribution in [3.63, 3.8) is 0 Å². The zero-order chi connectivity index (χ0) is 22.7. The molecule has 14 heteroatoms. The SMILES string of the molecule is COC(=O)C(O)(CC(=O)O)CC(=O)O.COC(=O)CC(O)(CC(=O)O)C(=O)O. The molecule has 0 rings (SSSR count). The lowest BCUT2D eigenvalue weighted by atomic mass is 9.96. The fourth-order valence-corrected chi connectivity index (χ4v) is 1.67. The summed E-state index contributed by atoms with van der Waals surface area (Å²) in [5.41, 5.74) is -5.12. The second-order valence-electron chi connectivity index (χ2n) is 5.32. The fourth-order valence-electron chi connectivity index (χ4n) is 1.67. The van der Waals surface area contributed by atoms with Gasteiger partial charge in [-0.2, -0.15) is 0 Å². The molecule has 1 unspecified atom stereocenters. The van der Waals surface area contributed by atoms with Gasteiger partial charge in [0.25, 0.3) is 0 Å².